The third kappa shape index (κ3) is 3.31. The normalized spacial score (nSPS) is 11.9. The van der Waals surface area contributed by atoms with Crippen LogP contribution >= 0.6 is 0 Å². The molecule has 0 amide bonds. The van der Waals surface area contributed by atoms with Gasteiger partial charge in [-0.05, 0) is 42.3 Å². The lowest BCUT2D eigenvalue weighted by Gasteiger charge is -2.18. The first-order valence-electron chi connectivity index (χ1n) is 6.74. The molecule has 0 radical (unpaired) electrons. The Morgan fingerprint density at radius 3 is 2.25 bits per heavy atom. The molecule has 0 fully saturated rings. The molecule has 0 saturated carbocycles. The lowest BCUT2D eigenvalue weighted by Crippen LogP contribution is -2.15. The van der Waals surface area contributed by atoms with Crippen LogP contribution in [0.3, 0.4) is 0 Å². The molecule has 0 aliphatic heterocycles. The lowest BCUT2D eigenvalue weighted by molar-refractivity contribution is 0.405. The van der Waals surface area contributed by atoms with Gasteiger partial charge in [0.15, 0.2) is 0 Å². The Morgan fingerprint density at radius 2 is 1.65 bits per heavy atom. The Labute approximate surface area is 120 Å². The minimum atomic E-state index is 0.250. The van der Waals surface area contributed by atoms with Crippen LogP contribution in [0.5, 0.6) is 11.5 Å². The van der Waals surface area contributed by atoms with Gasteiger partial charge in [-0.15, -0.1) is 0 Å². The summed E-state index contributed by atoms with van der Waals surface area (Å²) in [5.41, 5.74) is 8.36. The summed E-state index contributed by atoms with van der Waals surface area (Å²) >= 11 is 0. The van der Waals surface area contributed by atoms with E-state index < -0.39 is 0 Å². The second-order valence-corrected chi connectivity index (χ2v) is 4.73. The van der Waals surface area contributed by atoms with Gasteiger partial charge in [0, 0.05) is 5.92 Å². The van der Waals surface area contributed by atoms with Crippen LogP contribution in [0.2, 0.25) is 0 Å². The maximum absolute atomic E-state index is 5.95. The number of hydrogen-bond donors (Lipinski definition) is 1. The summed E-state index contributed by atoms with van der Waals surface area (Å²) in [6.07, 6.45) is 0.890. The molecule has 1 atom stereocenters. The zero-order valence-corrected chi connectivity index (χ0v) is 12.0. The van der Waals surface area contributed by atoms with Gasteiger partial charge in [-0.3, -0.25) is 0 Å². The van der Waals surface area contributed by atoms with Gasteiger partial charge >= 0.3 is 0 Å². The van der Waals surface area contributed by atoms with Crippen LogP contribution < -0.4 is 15.2 Å². The van der Waals surface area contributed by atoms with Crippen LogP contribution in [0.1, 0.15) is 17.0 Å². The van der Waals surface area contributed by atoms with Gasteiger partial charge in [0.05, 0.1) is 14.2 Å². The fraction of sp³-hybridized carbons (Fsp3) is 0.294. The minimum Gasteiger partial charge on any atom is -0.497 e. The SMILES string of the molecule is COc1ccc(CC(CN)c2ccccc2OC)cc1. The quantitative estimate of drug-likeness (QED) is 0.878. The van der Waals surface area contributed by atoms with E-state index in [0.29, 0.717) is 6.54 Å². The van der Waals surface area contributed by atoms with Crippen LogP contribution in [-0.4, -0.2) is 20.8 Å². The molecule has 3 nitrogen and oxygen atoms in total. The molecule has 0 spiro atoms. The molecule has 0 saturated heterocycles. The molecule has 0 heterocycles. The highest BCUT2D eigenvalue weighted by molar-refractivity contribution is 5.38. The number of rotatable bonds is 6. The van der Waals surface area contributed by atoms with E-state index in [0.717, 1.165) is 23.5 Å². The van der Waals surface area contributed by atoms with Crippen LogP contribution in [-0.2, 0) is 6.42 Å². The Morgan fingerprint density at radius 1 is 0.950 bits per heavy atom. The zero-order chi connectivity index (χ0) is 14.4. The molecule has 0 aromatic heterocycles. The second-order valence-electron chi connectivity index (χ2n) is 4.73. The van der Waals surface area contributed by atoms with Crippen LogP contribution in [0, 0.1) is 0 Å². The first kappa shape index (κ1) is 14.4. The Bertz CT molecular complexity index is 537. The number of ether oxygens (including phenoxy) is 2. The highest BCUT2D eigenvalue weighted by Crippen LogP contribution is 2.28. The van der Waals surface area contributed by atoms with Crippen molar-refractivity contribution < 1.29 is 9.47 Å². The van der Waals surface area contributed by atoms with E-state index in [1.807, 2.05) is 30.3 Å². The second kappa shape index (κ2) is 6.96. The first-order valence-corrected chi connectivity index (χ1v) is 6.74. The lowest BCUT2D eigenvalue weighted by atomic mass is 9.91. The Balaban J connectivity index is 2.19. The number of para-hydroxylation sites is 1. The predicted molar refractivity (Wildman–Crippen MR) is 81.5 cm³/mol. The van der Waals surface area contributed by atoms with Crippen molar-refractivity contribution in [1.29, 1.82) is 0 Å². The maximum atomic E-state index is 5.95. The topological polar surface area (TPSA) is 44.5 Å². The molecule has 0 bridgehead atoms. The summed E-state index contributed by atoms with van der Waals surface area (Å²) in [5, 5.41) is 0. The standard InChI is InChI=1S/C17H21NO2/c1-19-15-9-7-13(8-10-15)11-14(12-18)16-5-3-4-6-17(16)20-2/h3-10,14H,11-12,18H2,1-2H3. The van der Waals surface area contributed by atoms with Gasteiger partial charge in [-0.25, -0.2) is 0 Å². The number of hydrogen-bond acceptors (Lipinski definition) is 3. The van der Waals surface area contributed by atoms with Crippen molar-refractivity contribution in [2.24, 2.45) is 5.73 Å². The highest BCUT2D eigenvalue weighted by atomic mass is 16.5. The van der Waals surface area contributed by atoms with E-state index in [1.165, 1.54) is 5.56 Å². The van der Waals surface area contributed by atoms with E-state index in [-0.39, 0.29) is 5.92 Å². The molecular weight excluding hydrogens is 250 g/mol. The van der Waals surface area contributed by atoms with Crippen LogP contribution in [0.25, 0.3) is 0 Å². The summed E-state index contributed by atoms with van der Waals surface area (Å²) in [4.78, 5) is 0. The van der Waals surface area contributed by atoms with Crippen molar-refractivity contribution in [3.05, 3.63) is 59.7 Å². The van der Waals surface area contributed by atoms with E-state index in [2.05, 4.69) is 18.2 Å². The van der Waals surface area contributed by atoms with Crippen molar-refractivity contribution in [2.75, 3.05) is 20.8 Å². The molecule has 2 aromatic rings. The molecule has 1 unspecified atom stereocenters. The molecule has 20 heavy (non-hydrogen) atoms. The van der Waals surface area contributed by atoms with E-state index >= 15 is 0 Å². The van der Waals surface area contributed by atoms with Gasteiger partial charge in [0.1, 0.15) is 11.5 Å². The summed E-state index contributed by atoms with van der Waals surface area (Å²) < 4.78 is 10.6. The van der Waals surface area contributed by atoms with Crippen molar-refractivity contribution in [3.8, 4) is 11.5 Å². The van der Waals surface area contributed by atoms with Gasteiger partial charge in [0.25, 0.3) is 0 Å². The summed E-state index contributed by atoms with van der Waals surface area (Å²) in [5.74, 6) is 2.02. The van der Waals surface area contributed by atoms with Gasteiger partial charge in [-0.1, -0.05) is 30.3 Å². The molecule has 0 aliphatic carbocycles. The van der Waals surface area contributed by atoms with Crippen molar-refractivity contribution in [1.82, 2.24) is 0 Å². The largest absolute Gasteiger partial charge is 0.497 e. The molecule has 0 aliphatic rings. The summed E-state index contributed by atoms with van der Waals surface area (Å²) in [6, 6.07) is 16.2. The van der Waals surface area contributed by atoms with Gasteiger partial charge < -0.3 is 15.2 Å². The summed E-state index contributed by atoms with van der Waals surface area (Å²) in [7, 11) is 3.37. The Kier molecular flexibility index (Phi) is 5.02. The number of nitrogens with two attached hydrogens (primary N) is 1. The van der Waals surface area contributed by atoms with Crippen LogP contribution in [0.4, 0.5) is 0 Å². The van der Waals surface area contributed by atoms with Crippen molar-refractivity contribution in [3.63, 3.8) is 0 Å². The molecule has 3 heteroatoms. The van der Waals surface area contributed by atoms with Gasteiger partial charge in [0.2, 0.25) is 0 Å². The molecule has 2 aromatic carbocycles. The summed E-state index contributed by atoms with van der Waals surface area (Å²) in [6.45, 7) is 0.590. The highest BCUT2D eigenvalue weighted by Gasteiger charge is 2.15. The number of benzene rings is 2. The molecular formula is C17H21NO2. The third-order valence-electron chi connectivity index (χ3n) is 3.50. The molecule has 2 rings (SSSR count). The van der Waals surface area contributed by atoms with Crippen LogP contribution in [0.15, 0.2) is 48.5 Å². The average Bonchev–Trinajstić information content (AvgIpc) is 2.53. The van der Waals surface area contributed by atoms with Crippen molar-refractivity contribution >= 4 is 0 Å². The van der Waals surface area contributed by atoms with Gasteiger partial charge in [-0.2, -0.15) is 0 Å². The first-order chi connectivity index (χ1) is 9.78. The van der Waals surface area contributed by atoms with E-state index in [4.69, 9.17) is 15.2 Å². The Hall–Kier alpha value is -2.00. The predicted octanol–water partition coefficient (Wildman–Crippen LogP) is 2.99. The van der Waals surface area contributed by atoms with E-state index in [1.54, 1.807) is 14.2 Å². The zero-order valence-electron chi connectivity index (χ0n) is 12.0. The smallest absolute Gasteiger partial charge is 0.122 e. The van der Waals surface area contributed by atoms with E-state index in [9.17, 15) is 0 Å². The van der Waals surface area contributed by atoms with Crippen molar-refractivity contribution in [2.45, 2.75) is 12.3 Å². The monoisotopic (exact) mass is 271 g/mol. The number of methoxy groups -OCH3 is 2. The fourth-order valence-corrected chi connectivity index (χ4v) is 2.37. The molecule has 2 N–H and O–H groups in total. The molecule has 106 valence electrons. The third-order valence-corrected chi connectivity index (χ3v) is 3.50. The maximum Gasteiger partial charge on any atom is 0.122 e. The fourth-order valence-electron chi connectivity index (χ4n) is 2.37. The average molecular weight is 271 g/mol. The minimum absolute atomic E-state index is 0.250.